The molecule has 25 heavy (non-hydrogen) atoms. The molecule has 0 heterocycles. The van der Waals surface area contributed by atoms with Crippen molar-refractivity contribution in [2.75, 3.05) is 11.9 Å². The van der Waals surface area contributed by atoms with Gasteiger partial charge in [0.2, 0.25) is 11.3 Å². The topological polar surface area (TPSA) is 48.5 Å². The minimum atomic E-state index is -10.7. The quantitative estimate of drug-likeness (QED) is 0.310. The van der Waals surface area contributed by atoms with Gasteiger partial charge in [-0.1, -0.05) is 0 Å². The average molecular weight is 408 g/mol. The summed E-state index contributed by atoms with van der Waals surface area (Å²) >= 11 is 0. The van der Waals surface area contributed by atoms with E-state index in [1.54, 1.807) is 31.3 Å². The predicted molar refractivity (Wildman–Crippen MR) is 72.9 cm³/mol. The molecule has 1 amide bonds. The molecule has 4 nitrogen and oxygen atoms in total. The van der Waals surface area contributed by atoms with Crippen LogP contribution >= 0.6 is 7.81 Å². The number of hydrogen-bond donors (Lipinski definition) is 0. The Labute approximate surface area is 135 Å². The number of amides is 1. The summed E-state index contributed by atoms with van der Waals surface area (Å²) in [4.78, 5) is 15.5. The molecule has 0 aliphatic rings. The molecule has 0 saturated heterocycles. The molecular formula is C9H10BF10N3OP-. The molecule has 1 aromatic carbocycles. The molecule has 0 unspecified atom stereocenters. The summed E-state index contributed by atoms with van der Waals surface area (Å²) in [7, 11) is -12.6. The van der Waals surface area contributed by atoms with Gasteiger partial charge in [0.1, 0.15) is 0 Å². The Morgan fingerprint density at radius 3 is 1.52 bits per heavy atom. The van der Waals surface area contributed by atoms with Crippen molar-refractivity contribution in [3.8, 4) is 0 Å². The van der Waals surface area contributed by atoms with Gasteiger partial charge in [-0.3, -0.25) is 17.7 Å². The van der Waals surface area contributed by atoms with Gasteiger partial charge in [0, 0.05) is 31.8 Å². The Morgan fingerprint density at radius 1 is 1.04 bits per heavy atom. The molecule has 0 atom stereocenters. The Kier molecular flexibility index (Phi) is 9.81. The zero-order valence-electron chi connectivity index (χ0n) is 12.4. The Balaban J connectivity index is -0.000000343. The van der Waals surface area contributed by atoms with Crippen LogP contribution in [0.5, 0.6) is 0 Å². The molecule has 0 fully saturated rings. The number of anilines is 1. The number of carbonyl (C=O) groups excluding carboxylic acids is 1. The van der Waals surface area contributed by atoms with Crippen molar-refractivity contribution in [3.05, 3.63) is 29.2 Å². The number of halogens is 10. The van der Waals surface area contributed by atoms with Crippen LogP contribution in [0.25, 0.3) is 4.98 Å². The van der Waals surface area contributed by atoms with Crippen molar-refractivity contribution in [2.45, 2.75) is 6.92 Å². The zero-order chi connectivity index (χ0) is 19.8. The monoisotopic (exact) mass is 408 g/mol. The minimum absolute atomic E-state index is 0. The van der Waals surface area contributed by atoms with Crippen molar-refractivity contribution < 1.29 is 47.6 Å². The number of diazo groups is 1. The van der Waals surface area contributed by atoms with E-state index >= 15 is 0 Å². The van der Waals surface area contributed by atoms with Crippen LogP contribution in [0.1, 0.15) is 6.92 Å². The summed E-state index contributed by atoms with van der Waals surface area (Å²) in [5, 5.41) is 8.42. The predicted octanol–water partition coefficient (Wildman–Crippen LogP) is 3.42. The number of nitrogens with zero attached hydrogens (tertiary/aromatic N) is 3. The number of benzene rings is 1. The van der Waals surface area contributed by atoms with Gasteiger partial charge >= 0.3 is 46.2 Å². The van der Waals surface area contributed by atoms with E-state index in [4.69, 9.17) is 5.39 Å². The van der Waals surface area contributed by atoms with Gasteiger partial charge in [0.05, 0.1) is 0 Å². The number of hydrogen-bond acceptors (Lipinski definition) is 2. The molecule has 146 valence electrons. The molecular weight excluding hydrogens is 398 g/mol. The second-order valence-electron chi connectivity index (χ2n) is 3.90. The summed E-state index contributed by atoms with van der Waals surface area (Å²) < 4.78 is 88.2. The zero-order valence-corrected chi connectivity index (χ0v) is 13.3. The van der Waals surface area contributed by atoms with Crippen LogP contribution in [0.15, 0.2) is 24.3 Å². The van der Waals surface area contributed by atoms with Crippen LogP contribution in [-0.4, -0.2) is 20.5 Å². The Bertz CT molecular complexity index is 572. The first kappa shape index (κ1) is 27.7. The average Bonchev–Trinajstić information content (AvgIpc) is 2.33. The van der Waals surface area contributed by atoms with E-state index in [9.17, 15) is 42.9 Å². The first-order valence-electron chi connectivity index (χ1n) is 5.51. The standard InChI is InChI=1S/C9H10N3O.BF3.F6P.FH/c1-7(13)12(2)9-5-3-8(11-10)4-6-9;2-1(3)4;1-7(2,3,4,5)6;/h3-6H,1-2H3;;;1H/q+1;;-1;/p-1. The van der Waals surface area contributed by atoms with Gasteiger partial charge in [-0.15, -0.1) is 0 Å². The maximum Gasteiger partial charge on any atom is -1.00 e. The summed E-state index contributed by atoms with van der Waals surface area (Å²) in [6.45, 7) is 1.49. The fourth-order valence-electron chi connectivity index (χ4n) is 0.925. The summed E-state index contributed by atoms with van der Waals surface area (Å²) in [5.74, 6) is -0.0336. The number of rotatable bonds is 1. The van der Waals surface area contributed by atoms with Crippen LogP contribution in [0.3, 0.4) is 0 Å². The molecule has 0 aliphatic heterocycles. The van der Waals surface area contributed by atoms with E-state index in [2.05, 4.69) is 4.98 Å². The van der Waals surface area contributed by atoms with Crippen molar-refractivity contribution in [2.24, 2.45) is 0 Å². The molecule has 0 radical (unpaired) electrons. The maximum absolute atomic E-state index is 11.0. The van der Waals surface area contributed by atoms with E-state index in [1.165, 1.54) is 11.8 Å². The summed E-state index contributed by atoms with van der Waals surface area (Å²) in [6.07, 6.45) is 0. The molecule has 1 aromatic rings. The fraction of sp³-hybridized carbons (Fsp3) is 0.222. The molecule has 0 spiro atoms. The Hall–Kier alpha value is -2.10. The molecule has 0 N–H and O–H groups in total. The van der Waals surface area contributed by atoms with Crippen LogP contribution < -0.4 is 9.60 Å². The SMILES string of the molecule is CC(=O)N(C)c1ccc([N+]#N)cc1.FB(F)F.F[P-](F)(F)(F)(F)F.[F-]. The third kappa shape index (κ3) is 27.1. The molecule has 16 heteroatoms. The van der Waals surface area contributed by atoms with E-state index in [-0.39, 0.29) is 10.6 Å². The second kappa shape index (κ2) is 8.84. The van der Waals surface area contributed by atoms with Gasteiger partial charge in [-0.2, -0.15) is 0 Å². The van der Waals surface area contributed by atoms with E-state index in [0.29, 0.717) is 5.69 Å². The van der Waals surface area contributed by atoms with Crippen molar-refractivity contribution >= 4 is 32.6 Å². The van der Waals surface area contributed by atoms with Gasteiger partial charge in [-0.05, 0) is 12.1 Å². The largest absolute Gasteiger partial charge is 1.00 e. The van der Waals surface area contributed by atoms with E-state index < -0.39 is 15.4 Å². The summed E-state index contributed by atoms with van der Waals surface area (Å²) in [6, 6.07) is 6.70. The van der Waals surface area contributed by atoms with E-state index in [1.807, 2.05) is 0 Å². The van der Waals surface area contributed by atoms with Crippen LogP contribution in [0, 0.1) is 5.39 Å². The minimum Gasteiger partial charge on any atom is -1.00 e. The maximum atomic E-state index is 11.0. The van der Waals surface area contributed by atoms with Crippen LogP contribution in [-0.2, 0) is 4.79 Å². The smallest absolute Gasteiger partial charge is 1.00 e. The van der Waals surface area contributed by atoms with Gasteiger partial charge in [0.25, 0.3) is 0 Å². The first-order valence-corrected chi connectivity index (χ1v) is 7.54. The second-order valence-corrected chi connectivity index (χ2v) is 5.82. The van der Waals surface area contributed by atoms with Gasteiger partial charge < -0.3 is 9.60 Å². The van der Waals surface area contributed by atoms with Crippen molar-refractivity contribution in [1.29, 1.82) is 5.39 Å². The third-order valence-corrected chi connectivity index (χ3v) is 1.82. The molecule has 0 saturated carbocycles. The van der Waals surface area contributed by atoms with Crippen LogP contribution in [0.4, 0.5) is 49.5 Å². The molecule has 0 aliphatic carbocycles. The van der Waals surface area contributed by atoms with Gasteiger partial charge in [-0.25, -0.2) is 0 Å². The normalized spacial score (nSPS) is 12.2. The van der Waals surface area contributed by atoms with Gasteiger partial charge in [0.15, 0.2) is 4.98 Å². The fourth-order valence-corrected chi connectivity index (χ4v) is 0.925. The molecule has 0 aromatic heterocycles. The van der Waals surface area contributed by atoms with Crippen molar-refractivity contribution in [1.82, 2.24) is 0 Å². The third-order valence-electron chi connectivity index (χ3n) is 1.82. The number of carbonyl (C=O) groups is 1. The van der Waals surface area contributed by atoms with E-state index in [0.717, 1.165) is 5.69 Å². The molecule has 0 bridgehead atoms. The molecule has 1 rings (SSSR count). The van der Waals surface area contributed by atoms with Crippen molar-refractivity contribution in [3.63, 3.8) is 0 Å². The van der Waals surface area contributed by atoms with Crippen LogP contribution in [0.2, 0.25) is 0 Å². The Morgan fingerprint density at radius 2 is 1.32 bits per heavy atom. The first-order chi connectivity index (χ1) is 10.3. The summed E-state index contributed by atoms with van der Waals surface area (Å²) in [5.41, 5.74) is 1.25.